The van der Waals surface area contributed by atoms with Crippen LogP contribution in [0.5, 0.6) is 5.75 Å². The number of hydrogen-bond acceptors (Lipinski definition) is 3. The monoisotopic (exact) mass is 321 g/mol. The summed E-state index contributed by atoms with van der Waals surface area (Å²) in [5.41, 5.74) is 4.30. The minimum Gasteiger partial charge on any atom is -0.493 e. The summed E-state index contributed by atoms with van der Waals surface area (Å²) in [6.45, 7) is 4.56. The van der Waals surface area contributed by atoms with Crippen LogP contribution in [0.25, 0.3) is 5.65 Å². The first-order chi connectivity index (χ1) is 11.6. The largest absolute Gasteiger partial charge is 0.493 e. The van der Waals surface area contributed by atoms with Crippen molar-refractivity contribution < 1.29 is 9.53 Å². The number of nitrogens with zero attached hydrogens (tertiary/aromatic N) is 2. The smallest absolute Gasteiger partial charge is 0.255 e. The normalized spacial score (nSPS) is 16.5. The molecule has 0 spiro atoms. The van der Waals surface area contributed by atoms with E-state index in [4.69, 9.17) is 4.74 Å². The van der Waals surface area contributed by atoms with E-state index in [1.54, 1.807) is 0 Å². The SMILES string of the molecule is Cc1cc(C)n2ccc(C(=O)NC3CCOc4ccccc43)c2n1. The van der Waals surface area contributed by atoms with Gasteiger partial charge in [-0.1, -0.05) is 18.2 Å². The Bertz CT molecular complexity index is 930. The van der Waals surface area contributed by atoms with Gasteiger partial charge in [0.15, 0.2) is 0 Å². The van der Waals surface area contributed by atoms with Crippen molar-refractivity contribution in [2.24, 2.45) is 0 Å². The van der Waals surface area contributed by atoms with Gasteiger partial charge in [-0.3, -0.25) is 4.79 Å². The Morgan fingerprint density at radius 1 is 1.29 bits per heavy atom. The van der Waals surface area contributed by atoms with Crippen molar-refractivity contribution in [2.45, 2.75) is 26.3 Å². The molecule has 5 heteroatoms. The van der Waals surface area contributed by atoms with Crippen LogP contribution in [0.4, 0.5) is 0 Å². The summed E-state index contributed by atoms with van der Waals surface area (Å²) in [5.74, 6) is 0.748. The van der Waals surface area contributed by atoms with Crippen LogP contribution in [0.1, 0.15) is 39.8 Å². The maximum Gasteiger partial charge on any atom is 0.255 e. The second-order valence-corrected chi connectivity index (χ2v) is 6.16. The number of benzene rings is 1. The lowest BCUT2D eigenvalue weighted by Gasteiger charge is -2.26. The Morgan fingerprint density at radius 3 is 3.00 bits per heavy atom. The molecule has 1 atom stereocenters. The van der Waals surface area contributed by atoms with Gasteiger partial charge in [-0.2, -0.15) is 0 Å². The molecule has 1 N–H and O–H groups in total. The lowest BCUT2D eigenvalue weighted by molar-refractivity contribution is 0.0926. The Labute approximate surface area is 140 Å². The third-order valence-corrected chi connectivity index (χ3v) is 4.45. The summed E-state index contributed by atoms with van der Waals surface area (Å²) in [4.78, 5) is 17.3. The Hall–Kier alpha value is -2.82. The van der Waals surface area contributed by atoms with Gasteiger partial charge < -0.3 is 14.5 Å². The van der Waals surface area contributed by atoms with Crippen LogP contribution < -0.4 is 10.1 Å². The van der Waals surface area contributed by atoms with Crippen LogP contribution in [-0.2, 0) is 0 Å². The molecule has 0 bridgehead atoms. The quantitative estimate of drug-likeness (QED) is 0.788. The number of fused-ring (bicyclic) bond motifs is 2. The lowest BCUT2D eigenvalue weighted by Crippen LogP contribution is -2.32. The van der Waals surface area contributed by atoms with E-state index >= 15 is 0 Å². The maximum atomic E-state index is 12.8. The van der Waals surface area contributed by atoms with Crippen molar-refractivity contribution >= 4 is 11.6 Å². The second-order valence-electron chi connectivity index (χ2n) is 6.16. The number of carbonyl (C=O) groups is 1. The number of rotatable bonds is 2. The summed E-state index contributed by atoms with van der Waals surface area (Å²) >= 11 is 0. The molecule has 0 fully saturated rings. The molecule has 1 aromatic carbocycles. The predicted octanol–water partition coefficient (Wildman–Crippen LogP) is 3.20. The molecule has 122 valence electrons. The van der Waals surface area contributed by atoms with Crippen LogP contribution in [0, 0.1) is 13.8 Å². The van der Waals surface area contributed by atoms with E-state index in [9.17, 15) is 4.79 Å². The maximum absolute atomic E-state index is 12.8. The predicted molar refractivity (Wildman–Crippen MR) is 91.4 cm³/mol. The minimum absolute atomic E-state index is 0.0386. The Morgan fingerprint density at radius 2 is 2.12 bits per heavy atom. The molecule has 1 aliphatic heterocycles. The van der Waals surface area contributed by atoms with E-state index in [0.29, 0.717) is 17.8 Å². The van der Waals surface area contributed by atoms with Gasteiger partial charge in [-0.05, 0) is 32.0 Å². The van der Waals surface area contributed by atoms with Crippen molar-refractivity contribution in [3.05, 3.63) is 65.1 Å². The summed E-state index contributed by atoms with van der Waals surface area (Å²) in [7, 11) is 0. The number of ether oxygens (including phenoxy) is 1. The van der Waals surface area contributed by atoms with Crippen molar-refractivity contribution in [3.63, 3.8) is 0 Å². The van der Waals surface area contributed by atoms with Crippen LogP contribution in [0.3, 0.4) is 0 Å². The topological polar surface area (TPSA) is 55.6 Å². The van der Waals surface area contributed by atoms with Crippen molar-refractivity contribution in [1.29, 1.82) is 0 Å². The van der Waals surface area contributed by atoms with Gasteiger partial charge in [0.25, 0.3) is 5.91 Å². The zero-order valence-corrected chi connectivity index (χ0v) is 13.7. The number of aryl methyl sites for hydroxylation is 2. The number of carbonyl (C=O) groups excluding carboxylic acids is 1. The van der Waals surface area contributed by atoms with Crippen LogP contribution >= 0.6 is 0 Å². The fourth-order valence-electron chi connectivity index (χ4n) is 3.30. The Balaban J connectivity index is 1.66. The molecule has 2 aromatic heterocycles. The third-order valence-electron chi connectivity index (χ3n) is 4.45. The first-order valence-electron chi connectivity index (χ1n) is 8.11. The molecule has 1 amide bonds. The van der Waals surface area contributed by atoms with Gasteiger partial charge in [0.1, 0.15) is 11.4 Å². The average molecular weight is 321 g/mol. The van der Waals surface area contributed by atoms with E-state index in [0.717, 1.165) is 29.1 Å². The first kappa shape index (κ1) is 14.8. The number of amides is 1. The van der Waals surface area contributed by atoms with E-state index in [1.165, 1.54) is 0 Å². The molecule has 1 aliphatic rings. The van der Waals surface area contributed by atoms with Crippen LogP contribution in [0.15, 0.2) is 42.6 Å². The van der Waals surface area contributed by atoms with Gasteiger partial charge in [0.2, 0.25) is 0 Å². The van der Waals surface area contributed by atoms with E-state index in [2.05, 4.69) is 10.3 Å². The van der Waals surface area contributed by atoms with Gasteiger partial charge in [0.05, 0.1) is 18.2 Å². The molecule has 0 saturated carbocycles. The van der Waals surface area contributed by atoms with Crippen molar-refractivity contribution in [1.82, 2.24) is 14.7 Å². The van der Waals surface area contributed by atoms with E-state index in [1.807, 2.05) is 60.8 Å². The second kappa shape index (κ2) is 5.67. The number of aromatic nitrogens is 2. The highest BCUT2D eigenvalue weighted by molar-refractivity contribution is 6.00. The average Bonchev–Trinajstić information content (AvgIpc) is 2.99. The minimum atomic E-state index is -0.100. The fraction of sp³-hybridized carbons (Fsp3) is 0.263. The molecule has 3 aromatic rings. The van der Waals surface area contributed by atoms with Crippen molar-refractivity contribution in [3.8, 4) is 5.75 Å². The lowest BCUT2D eigenvalue weighted by atomic mass is 10.0. The number of para-hydroxylation sites is 1. The van der Waals surface area contributed by atoms with E-state index < -0.39 is 0 Å². The zero-order chi connectivity index (χ0) is 16.7. The molecule has 24 heavy (non-hydrogen) atoms. The molecule has 0 aliphatic carbocycles. The third kappa shape index (κ3) is 2.42. The highest BCUT2D eigenvalue weighted by atomic mass is 16.5. The van der Waals surface area contributed by atoms with Crippen LogP contribution in [0.2, 0.25) is 0 Å². The van der Waals surface area contributed by atoms with Crippen LogP contribution in [-0.4, -0.2) is 21.9 Å². The number of hydrogen-bond donors (Lipinski definition) is 1. The molecule has 0 radical (unpaired) electrons. The zero-order valence-electron chi connectivity index (χ0n) is 13.7. The van der Waals surface area contributed by atoms with Gasteiger partial charge in [0, 0.05) is 29.6 Å². The summed E-state index contributed by atoms with van der Waals surface area (Å²) in [6.07, 6.45) is 2.66. The molecule has 5 nitrogen and oxygen atoms in total. The molecule has 0 saturated heterocycles. The van der Waals surface area contributed by atoms with E-state index in [-0.39, 0.29) is 11.9 Å². The highest BCUT2D eigenvalue weighted by Crippen LogP contribution is 2.31. The van der Waals surface area contributed by atoms with Gasteiger partial charge >= 0.3 is 0 Å². The van der Waals surface area contributed by atoms with Gasteiger partial charge in [-0.15, -0.1) is 0 Å². The fourth-order valence-corrected chi connectivity index (χ4v) is 3.30. The summed E-state index contributed by atoms with van der Waals surface area (Å²) in [6, 6.07) is 11.6. The Kier molecular flexibility index (Phi) is 3.49. The molecule has 3 heterocycles. The molecular weight excluding hydrogens is 302 g/mol. The molecule has 1 unspecified atom stereocenters. The van der Waals surface area contributed by atoms with Gasteiger partial charge in [-0.25, -0.2) is 4.98 Å². The molecule has 4 rings (SSSR count). The van der Waals surface area contributed by atoms with Crippen molar-refractivity contribution in [2.75, 3.05) is 6.61 Å². The summed E-state index contributed by atoms with van der Waals surface area (Å²) in [5, 5.41) is 3.14. The molecular formula is C19H19N3O2. The number of nitrogens with one attached hydrogen (secondary N) is 1. The highest BCUT2D eigenvalue weighted by Gasteiger charge is 2.24. The first-order valence-corrected chi connectivity index (χ1v) is 8.11. The summed E-state index contributed by atoms with van der Waals surface area (Å²) < 4.78 is 7.60. The standard InChI is InChI=1S/C19H19N3O2/c1-12-11-13(2)22-9-7-15(18(22)20-12)19(23)21-16-8-10-24-17-6-4-3-5-14(16)17/h3-7,9,11,16H,8,10H2,1-2H3,(H,21,23).